The summed E-state index contributed by atoms with van der Waals surface area (Å²) in [4.78, 5) is 0. The minimum Gasteiger partial charge on any atom is -0.395 e. The molecule has 0 aliphatic heterocycles. The fourth-order valence-electron chi connectivity index (χ4n) is 1.23. The highest BCUT2D eigenvalue weighted by molar-refractivity contribution is 4.92. The van der Waals surface area contributed by atoms with E-state index in [0.29, 0.717) is 0 Å². The van der Waals surface area contributed by atoms with Crippen molar-refractivity contribution in [2.45, 2.75) is 32.2 Å². The summed E-state index contributed by atoms with van der Waals surface area (Å²) in [5, 5.41) is 45.8. The number of hydrogen-bond acceptors (Lipinski definition) is 5. The summed E-state index contributed by atoms with van der Waals surface area (Å²) in [5.74, 6) is 0. The topological polar surface area (TPSA) is 101 Å². The molecule has 13 heavy (non-hydrogen) atoms. The van der Waals surface area contributed by atoms with E-state index in [0.717, 1.165) is 0 Å². The zero-order valence-corrected chi connectivity index (χ0v) is 7.88. The van der Waals surface area contributed by atoms with E-state index in [1.807, 2.05) is 0 Å². The van der Waals surface area contributed by atoms with Crippen LogP contribution < -0.4 is 0 Å². The Morgan fingerprint density at radius 1 is 1.00 bits per heavy atom. The summed E-state index contributed by atoms with van der Waals surface area (Å²) < 4.78 is 0. The summed E-state index contributed by atoms with van der Waals surface area (Å²) >= 11 is 0. The largest absolute Gasteiger partial charge is 0.395 e. The van der Waals surface area contributed by atoms with Gasteiger partial charge in [0.25, 0.3) is 0 Å². The highest BCUT2D eigenvalue weighted by Crippen LogP contribution is 2.27. The summed E-state index contributed by atoms with van der Waals surface area (Å²) in [6, 6.07) is 0. The molecule has 5 heteroatoms. The Labute approximate surface area is 77.3 Å². The Hall–Kier alpha value is -0.200. The fraction of sp³-hybridized carbons (Fsp3) is 1.00. The van der Waals surface area contributed by atoms with E-state index in [4.69, 9.17) is 15.3 Å². The Kier molecular flexibility index (Phi) is 4.80. The summed E-state index contributed by atoms with van der Waals surface area (Å²) in [7, 11) is 0. The normalized spacial score (nSPS) is 19.6. The minimum absolute atomic E-state index is 0.590. The van der Waals surface area contributed by atoms with Gasteiger partial charge < -0.3 is 25.5 Å². The summed E-state index contributed by atoms with van der Waals surface area (Å²) in [6.45, 7) is 1.49. The maximum Gasteiger partial charge on any atom is 0.0921 e. The van der Waals surface area contributed by atoms with Gasteiger partial charge in [-0.15, -0.1) is 0 Å². The summed E-state index contributed by atoms with van der Waals surface area (Å²) in [5.41, 5.74) is -1.46. The van der Waals surface area contributed by atoms with Crippen LogP contribution in [0.4, 0.5) is 0 Å². The van der Waals surface area contributed by atoms with Crippen LogP contribution in [0.3, 0.4) is 0 Å². The van der Waals surface area contributed by atoms with E-state index in [1.54, 1.807) is 0 Å². The van der Waals surface area contributed by atoms with Crippen molar-refractivity contribution >= 4 is 0 Å². The Morgan fingerprint density at radius 3 is 1.46 bits per heavy atom. The first kappa shape index (κ1) is 12.8. The maximum absolute atomic E-state index is 9.48. The molecule has 0 amide bonds. The molecule has 0 bridgehead atoms. The molecule has 0 radical (unpaired) electrons. The molecule has 5 nitrogen and oxygen atoms in total. The molecule has 80 valence electrons. The Balaban J connectivity index is 4.75. The fourth-order valence-corrected chi connectivity index (χ4v) is 1.23. The lowest BCUT2D eigenvalue weighted by Gasteiger charge is -2.38. The molecular weight excluding hydrogens is 176 g/mol. The third-order valence-corrected chi connectivity index (χ3v) is 2.47. The van der Waals surface area contributed by atoms with Crippen LogP contribution in [0.25, 0.3) is 0 Å². The van der Waals surface area contributed by atoms with Crippen molar-refractivity contribution in [3.05, 3.63) is 0 Å². The third kappa shape index (κ3) is 2.38. The van der Waals surface area contributed by atoms with E-state index in [9.17, 15) is 10.2 Å². The van der Waals surface area contributed by atoms with Crippen molar-refractivity contribution in [3.63, 3.8) is 0 Å². The van der Waals surface area contributed by atoms with Crippen molar-refractivity contribution in [2.75, 3.05) is 13.2 Å². The van der Waals surface area contributed by atoms with Gasteiger partial charge in [-0.2, -0.15) is 0 Å². The molecule has 0 aromatic rings. The number of aliphatic hydroxyl groups is 5. The van der Waals surface area contributed by atoms with Crippen LogP contribution in [0, 0.1) is 5.41 Å². The lowest BCUT2D eigenvalue weighted by atomic mass is 9.77. The first-order chi connectivity index (χ1) is 5.92. The predicted molar refractivity (Wildman–Crippen MR) is 46.0 cm³/mol. The maximum atomic E-state index is 9.48. The molecule has 0 aromatic carbocycles. The number of rotatable bonds is 5. The first-order valence-electron chi connectivity index (χ1n) is 4.18. The van der Waals surface area contributed by atoms with Crippen LogP contribution >= 0.6 is 0 Å². The van der Waals surface area contributed by atoms with Crippen LogP contribution in [-0.2, 0) is 0 Å². The van der Waals surface area contributed by atoms with Crippen molar-refractivity contribution in [1.29, 1.82) is 0 Å². The second-order valence-electron chi connectivity index (χ2n) is 3.41. The van der Waals surface area contributed by atoms with Gasteiger partial charge >= 0.3 is 0 Å². The highest BCUT2D eigenvalue weighted by atomic mass is 16.3. The van der Waals surface area contributed by atoms with Crippen LogP contribution in [0.15, 0.2) is 0 Å². The smallest absolute Gasteiger partial charge is 0.0921 e. The average Bonchev–Trinajstić information content (AvgIpc) is 2.06. The molecule has 5 N–H and O–H groups in total. The number of aliphatic hydroxyl groups excluding tert-OH is 5. The van der Waals surface area contributed by atoms with Gasteiger partial charge in [-0.25, -0.2) is 0 Å². The molecule has 0 fully saturated rings. The number of hydrogen-bond donors (Lipinski definition) is 5. The van der Waals surface area contributed by atoms with E-state index in [2.05, 4.69) is 0 Å². The molecule has 3 unspecified atom stereocenters. The van der Waals surface area contributed by atoms with Gasteiger partial charge in [-0.1, -0.05) is 0 Å². The molecular formula is C8H18O5. The van der Waals surface area contributed by atoms with E-state index in [1.165, 1.54) is 13.8 Å². The molecule has 0 spiro atoms. The zero-order valence-electron chi connectivity index (χ0n) is 7.88. The van der Waals surface area contributed by atoms with Gasteiger partial charge in [-0.05, 0) is 13.8 Å². The van der Waals surface area contributed by atoms with E-state index >= 15 is 0 Å². The lowest BCUT2D eigenvalue weighted by Crippen LogP contribution is -2.53. The predicted octanol–water partition coefficient (Wildman–Crippen LogP) is -1.92. The Bertz CT molecular complexity index is 141. The van der Waals surface area contributed by atoms with Crippen LogP contribution in [-0.4, -0.2) is 57.1 Å². The molecule has 0 aromatic heterocycles. The molecule has 3 atom stereocenters. The standard InChI is InChI=1S/C8H18O5/c1-5(11)7(13)8(3-9,4-10)6(2)12/h5-7,9-13H,3-4H2,1-2H3. The van der Waals surface area contributed by atoms with E-state index in [-0.39, 0.29) is 0 Å². The molecule has 0 saturated carbocycles. The van der Waals surface area contributed by atoms with E-state index < -0.39 is 36.9 Å². The third-order valence-electron chi connectivity index (χ3n) is 2.47. The molecule has 0 heterocycles. The second-order valence-corrected chi connectivity index (χ2v) is 3.41. The average molecular weight is 194 g/mol. The van der Waals surface area contributed by atoms with Crippen LogP contribution in [0.1, 0.15) is 13.8 Å². The van der Waals surface area contributed by atoms with Crippen molar-refractivity contribution in [1.82, 2.24) is 0 Å². The molecule has 0 rings (SSSR count). The van der Waals surface area contributed by atoms with Crippen molar-refractivity contribution in [3.8, 4) is 0 Å². The Morgan fingerprint density at radius 2 is 1.38 bits per heavy atom. The highest BCUT2D eigenvalue weighted by Gasteiger charge is 2.43. The zero-order chi connectivity index (χ0) is 10.6. The minimum atomic E-state index is -1.46. The van der Waals surface area contributed by atoms with Gasteiger partial charge in [0.1, 0.15) is 0 Å². The second kappa shape index (κ2) is 4.88. The van der Waals surface area contributed by atoms with Crippen molar-refractivity contribution in [2.24, 2.45) is 5.41 Å². The van der Waals surface area contributed by atoms with Gasteiger partial charge in [0, 0.05) is 0 Å². The molecule has 0 aliphatic carbocycles. The lowest BCUT2D eigenvalue weighted by molar-refractivity contribution is -0.151. The van der Waals surface area contributed by atoms with Gasteiger partial charge in [0.15, 0.2) is 0 Å². The molecule has 0 saturated heterocycles. The monoisotopic (exact) mass is 194 g/mol. The SMILES string of the molecule is CC(O)C(O)C(CO)(CO)C(C)O. The quantitative estimate of drug-likeness (QED) is 0.351. The molecule has 0 aliphatic rings. The van der Waals surface area contributed by atoms with Crippen LogP contribution in [0.5, 0.6) is 0 Å². The van der Waals surface area contributed by atoms with Gasteiger partial charge in [0.05, 0.1) is 36.9 Å². The van der Waals surface area contributed by atoms with Gasteiger partial charge in [0.2, 0.25) is 0 Å². The van der Waals surface area contributed by atoms with Crippen molar-refractivity contribution < 1.29 is 25.5 Å². The first-order valence-corrected chi connectivity index (χ1v) is 4.18. The van der Waals surface area contributed by atoms with Gasteiger partial charge in [-0.3, -0.25) is 0 Å². The van der Waals surface area contributed by atoms with Crippen LogP contribution in [0.2, 0.25) is 0 Å². The summed E-state index contributed by atoms with van der Waals surface area (Å²) in [6.07, 6.45) is -3.58.